The molecule has 0 saturated heterocycles. The van der Waals surface area contributed by atoms with Crippen LogP contribution in [0.15, 0.2) is 66.4 Å². The van der Waals surface area contributed by atoms with E-state index in [2.05, 4.69) is 106 Å². The molecular formula is C32H43NO2Si. The first-order chi connectivity index (χ1) is 17.1. The zero-order valence-electron chi connectivity index (χ0n) is 23.1. The van der Waals surface area contributed by atoms with Crippen molar-refractivity contribution in [2.75, 3.05) is 6.61 Å². The van der Waals surface area contributed by atoms with Crippen molar-refractivity contribution in [1.29, 1.82) is 0 Å². The van der Waals surface area contributed by atoms with E-state index in [0.29, 0.717) is 6.61 Å². The molecule has 0 amide bonds. The molecule has 36 heavy (non-hydrogen) atoms. The monoisotopic (exact) mass is 501 g/mol. The second kappa shape index (κ2) is 12.5. The van der Waals surface area contributed by atoms with Crippen molar-refractivity contribution in [2.45, 2.75) is 77.6 Å². The van der Waals surface area contributed by atoms with Gasteiger partial charge < -0.3 is 13.7 Å². The standard InChI is InChI=1S/C32H43NO2Si/c1-8-9-11-19-27(20-16-23-34-25-26-17-12-10-13-18-26)31(35-36(6,7)32(2,3)4)29-24-33(5)30-22-15-14-21-28(29)30/h1,10,12-15,17-18,21-22,24H,9,11,16,19-20,23,25H2,2-7H3/b31-27+. The molecule has 0 N–H and O–H groups in total. The molecule has 1 aromatic heterocycles. The fourth-order valence-corrected chi connectivity index (χ4v) is 5.23. The molecule has 3 aromatic rings. The van der Waals surface area contributed by atoms with Gasteiger partial charge in [-0.2, -0.15) is 0 Å². The first kappa shape index (κ1) is 27.8. The maximum Gasteiger partial charge on any atom is 0.250 e. The molecule has 192 valence electrons. The van der Waals surface area contributed by atoms with E-state index in [1.54, 1.807) is 0 Å². The largest absolute Gasteiger partial charge is 0.543 e. The van der Waals surface area contributed by atoms with E-state index in [1.807, 2.05) is 6.07 Å². The highest BCUT2D eigenvalue weighted by atomic mass is 28.4. The summed E-state index contributed by atoms with van der Waals surface area (Å²) >= 11 is 0. The van der Waals surface area contributed by atoms with Gasteiger partial charge in [0.2, 0.25) is 0 Å². The van der Waals surface area contributed by atoms with Gasteiger partial charge in [-0.25, -0.2) is 0 Å². The lowest BCUT2D eigenvalue weighted by Gasteiger charge is -2.38. The number of hydrogen-bond donors (Lipinski definition) is 0. The quantitative estimate of drug-likeness (QED) is 0.107. The van der Waals surface area contributed by atoms with E-state index >= 15 is 0 Å². The maximum atomic E-state index is 7.14. The zero-order valence-corrected chi connectivity index (χ0v) is 24.1. The van der Waals surface area contributed by atoms with E-state index in [-0.39, 0.29) is 5.04 Å². The third-order valence-electron chi connectivity index (χ3n) is 7.30. The molecule has 0 aliphatic heterocycles. The molecule has 0 atom stereocenters. The van der Waals surface area contributed by atoms with Crippen LogP contribution < -0.4 is 0 Å². The average molecular weight is 502 g/mol. The Hall–Kier alpha value is -2.74. The molecule has 0 unspecified atom stereocenters. The Labute approximate surface area is 219 Å². The molecule has 0 radical (unpaired) electrons. The van der Waals surface area contributed by atoms with Gasteiger partial charge in [-0.3, -0.25) is 0 Å². The number of aromatic nitrogens is 1. The molecule has 0 fully saturated rings. The van der Waals surface area contributed by atoms with E-state index < -0.39 is 8.32 Å². The highest BCUT2D eigenvalue weighted by Crippen LogP contribution is 2.42. The molecule has 3 nitrogen and oxygen atoms in total. The molecule has 0 aliphatic rings. The SMILES string of the molecule is C#CCCC/C(CCCOCc1ccccc1)=C(\O[Si](C)(C)C(C)(C)C)c1cn(C)c2ccccc12. The van der Waals surface area contributed by atoms with Gasteiger partial charge in [-0.05, 0) is 61.0 Å². The van der Waals surface area contributed by atoms with Crippen molar-refractivity contribution >= 4 is 25.0 Å². The predicted molar refractivity (Wildman–Crippen MR) is 156 cm³/mol. The molecule has 2 aromatic carbocycles. The number of allylic oxidation sites excluding steroid dienone is 1. The smallest absolute Gasteiger partial charge is 0.250 e. The lowest BCUT2D eigenvalue weighted by Crippen LogP contribution is -2.40. The summed E-state index contributed by atoms with van der Waals surface area (Å²) in [7, 11) is 0.0399. The molecular weight excluding hydrogens is 458 g/mol. The van der Waals surface area contributed by atoms with Crippen molar-refractivity contribution in [3.63, 3.8) is 0 Å². The minimum atomic E-state index is -2.08. The number of hydrogen-bond acceptors (Lipinski definition) is 2. The molecule has 0 spiro atoms. The summed E-state index contributed by atoms with van der Waals surface area (Å²) in [5.41, 5.74) is 4.98. The second-order valence-corrected chi connectivity index (χ2v) is 15.9. The van der Waals surface area contributed by atoms with Crippen LogP contribution in [0.3, 0.4) is 0 Å². The molecule has 0 aliphatic carbocycles. The van der Waals surface area contributed by atoms with Crippen molar-refractivity contribution in [3.05, 3.63) is 77.5 Å². The number of terminal acetylenes is 1. The molecule has 0 saturated carbocycles. The van der Waals surface area contributed by atoms with Gasteiger partial charge in [0.25, 0.3) is 8.32 Å². The van der Waals surface area contributed by atoms with Crippen LogP contribution in [0.4, 0.5) is 0 Å². The Morgan fingerprint density at radius 2 is 1.64 bits per heavy atom. The fourth-order valence-electron chi connectivity index (χ4n) is 4.16. The summed E-state index contributed by atoms with van der Waals surface area (Å²) in [4.78, 5) is 0. The molecule has 0 bridgehead atoms. The normalized spacial score (nSPS) is 12.9. The molecule has 3 rings (SSSR count). The maximum absolute atomic E-state index is 7.14. The first-order valence-corrected chi connectivity index (χ1v) is 16.1. The molecule has 1 heterocycles. The zero-order chi connectivity index (χ0) is 26.2. The van der Waals surface area contributed by atoms with Crippen LogP contribution >= 0.6 is 0 Å². The average Bonchev–Trinajstić information content (AvgIpc) is 3.18. The van der Waals surface area contributed by atoms with E-state index in [9.17, 15) is 0 Å². The van der Waals surface area contributed by atoms with Gasteiger partial charge in [0, 0.05) is 42.7 Å². The number of aryl methyl sites for hydroxylation is 1. The lowest BCUT2D eigenvalue weighted by molar-refractivity contribution is 0.118. The van der Waals surface area contributed by atoms with Crippen molar-refractivity contribution < 1.29 is 9.16 Å². The summed E-state index contributed by atoms with van der Waals surface area (Å²) in [6.45, 7) is 12.9. The third kappa shape index (κ3) is 7.15. The van der Waals surface area contributed by atoms with E-state index in [0.717, 1.165) is 44.5 Å². The number of rotatable bonds is 12. The summed E-state index contributed by atoms with van der Waals surface area (Å²) in [5.74, 6) is 3.89. The van der Waals surface area contributed by atoms with Crippen LogP contribution in [0.5, 0.6) is 0 Å². The minimum absolute atomic E-state index is 0.103. The third-order valence-corrected chi connectivity index (χ3v) is 11.6. The van der Waals surface area contributed by atoms with Gasteiger partial charge in [0.15, 0.2) is 0 Å². The van der Waals surface area contributed by atoms with Gasteiger partial charge in [-0.1, -0.05) is 69.3 Å². The van der Waals surface area contributed by atoms with Crippen molar-refractivity contribution in [3.8, 4) is 12.3 Å². The summed E-state index contributed by atoms with van der Waals surface area (Å²) in [6, 6.07) is 19.0. The van der Waals surface area contributed by atoms with Gasteiger partial charge in [-0.15, -0.1) is 12.3 Å². The predicted octanol–water partition coefficient (Wildman–Crippen LogP) is 8.71. The highest BCUT2D eigenvalue weighted by molar-refractivity contribution is 6.74. The van der Waals surface area contributed by atoms with Crippen molar-refractivity contribution in [2.24, 2.45) is 7.05 Å². The Bertz CT molecular complexity index is 1190. The second-order valence-electron chi connectivity index (χ2n) is 11.2. The lowest BCUT2D eigenvalue weighted by atomic mass is 9.98. The van der Waals surface area contributed by atoms with Crippen LogP contribution in [0, 0.1) is 12.3 Å². The number of para-hydroxylation sites is 1. The number of unbranched alkanes of at least 4 members (excludes halogenated alkanes) is 1. The summed E-state index contributed by atoms with van der Waals surface area (Å²) in [6.07, 6.45) is 12.4. The Morgan fingerprint density at radius 1 is 0.972 bits per heavy atom. The number of fused-ring (bicyclic) bond motifs is 1. The van der Waals surface area contributed by atoms with E-state index in [4.69, 9.17) is 15.6 Å². The fraction of sp³-hybridized carbons (Fsp3) is 0.438. The Kier molecular flexibility index (Phi) is 9.65. The Balaban J connectivity index is 1.94. The van der Waals surface area contributed by atoms with Gasteiger partial charge in [0.05, 0.1) is 6.61 Å². The topological polar surface area (TPSA) is 23.4 Å². The van der Waals surface area contributed by atoms with Crippen LogP contribution in [0.2, 0.25) is 18.1 Å². The highest BCUT2D eigenvalue weighted by Gasteiger charge is 2.40. The van der Waals surface area contributed by atoms with Crippen LogP contribution in [0.25, 0.3) is 16.7 Å². The summed E-state index contributed by atoms with van der Waals surface area (Å²) in [5, 5.41) is 1.34. The van der Waals surface area contributed by atoms with E-state index in [1.165, 1.54) is 27.6 Å². The van der Waals surface area contributed by atoms with Crippen LogP contribution in [-0.2, 0) is 22.8 Å². The number of nitrogens with zero attached hydrogens (tertiary/aromatic N) is 1. The number of benzene rings is 2. The van der Waals surface area contributed by atoms with Gasteiger partial charge >= 0.3 is 0 Å². The summed E-state index contributed by atoms with van der Waals surface area (Å²) < 4.78 is 15.4. The minimum Gasteiger partial charge on any atom is -0.543 e. The van der Waals surface area contributed by atoms with Crippen LogP contribution in [0.1, 0.15) is 64.0 Å². The molecule has 4 heteroatoms. The number of ether oxygens (including phenoxy) is 1. The van der Waals surface area contributed by atoms with Gasteiger partial charge in [0.1, 0.15) is 5.76 Å². The first-order valence-electron chi connectivity index (χ1n) is 13.1. The van der Waals surface area contributed by atoms with Crippen molar-refractivity contribution in [1.82, 2.24) is 4.57 Å². The Morgan fingerprint density at radius 3 is 2.33 bits per heavy atom. The van der Waals surface area contributed by atoms with Crippen LogP contribution in [-0.4, -0.2) is 19.5 Å².